The second-order valence-electron chi connectivity index (χ2n) is 6.56. The molecule has 1 aliphatic heterocycles. The summed E-state index contributed by atoms with van der Waals surface area (Å²) in [5.74, 6) is 1.37. The van der Waals surface area contributed by atoms with Gasteiger partial charge >= 0.3 is 0 Å². The summed E-state index contributed by atoms with van der Waals surface area (Å²) in [6.45, 7) is 3.62. The summed E-state index contributed by atoms with van der Waals surface area (Å²) >= 11 is 1.67. The third-order valence-electron chi connectivity index (χ3n) is 4.81. The number of rotatable bonds is 3. The molecule has 1 N–H and O–H groups in total. The van der Waals surface area contributed by atoms with Crippen molar-refractivity contribution in [2.75, 3.05) is 13.1 Å². The first-order valence-corrected chi connectivity index (χ1v) is 9.54. The SMILES string of the molecule is Cc1ccsc1/C=C/C(=O)N1CCCC(c2nc3ccccc3[nH]2)C1. The molecule has 1 atom stereocenters. The van der Waals surface area contributed by atoms with Crippen LogP contribution in [0.3, 0.4) is 0 Å². The number of aromatic nitrogens is 2. The number of hydrogen-bond acceptors (Lipinski definition) is 3. The Labute approximate surface area is 151 Å². The molecule has 0 bridgehead atoms. The number of H-pyrrole nitrogens is 1. The van der Waals surface area contributed by atoms with Crippen LogP contribution in [0.4, 0.5) is 0 Å². The van der Waals surface area contributed by atoms with Crippen molar-refractivity contribution in [2.24, 2.45) is 0 Å². The quantitative estimate of drug-likeness (QED) is 0.713. The highest BCUT2D eigenvalue weighted by Gasteiger charge is 2.25. The van der Waals surface area contributed by atoms with Crippen molar-refractivity contribution < 1.29 is 4.79 Å². The van der Waals surface area contributed by atoms with Crippen LogP contribution in [-0.4, -0.2) is 33.9 Å². The van der Waals surface area contributed by atoms with E-state index in [0.717, 1.165) is 47.7 Å². The molecule has 0 radical (unpaired) electrons. The van der Waals surface area contributed by atoms with Gasteiger partial charge in [-0.15, -0.1) is 11.3 Å². The molecule has 2 aromatic heterocycles. The largest absolute Gasteiger partial charge is 0.342 e. The predicted octanol–water partition coefficient (Wildman–Crippen LogP) is 4.35. The number of thiophene rings is 1. The van der Waals surface area contributed by atoms with Gasteiger partial charge in [-0.25, -0.2) is 4.98 Å². The summed E-state index contributed by atoms with van der Waals surface area (Å²) in [6, 6.07) is 10.2. The molecule has 1 fully saturated rings. The molecule has 4 rings (SSSR count). The Morgan fingerprint density at radius 3 is 3.04 bits per heavy atom. The van der Waals surface area contributed by atoms with Crippen molar-refractivity contribution >= 4 is 34.4 Å². The predicted molar refractivity (Wildman–Crippen MR) is 103 cm³/mol. The van der Waals surface area contributed by atoms with E-state index in [0.29, 0.717) is 0 Å². The van der Waals surface area contributed by atoms with Crippen molar-refractivity contribution in [1.29, 1.82) is 0 Å². The number of aryl methyl sites for hydroxylation is 1. The van der Waals surface area contributed by atoms with Gasteiger partial charge in [0.05, 0.1) is 11.0 Å². The Balaban J connectivity index is 1.47. The monoisotopic (exact) mass is 351 g/mol. The lowest BCUT2D eigenvalue weighted by Gasteiger charge is -2.31. The van der Waals surface area contributed by atoms with E-state index in [2.05, 4.69) is 23.4 Å². The molecule has 4 nitrogen and oxygen atoms in total. The topological polar surface area (TPSA) is 49.0 Å². The van der Waals surface area contributed by atoms with Crippen LogP contribution in [-0.2, 0) is 4.79 Å². The molecule has 1 aliphatic rings. The number of benzene rings is 1. The molecule has 0 saturated carbocycles. The third-order valence-corrected chi connectivity index (χ3v) is 5.79. The first kappa shape index (κ1) is 16.1. The van der Waals surface area contributed by atoms with E-state index < -0.39 is 0 Å². The van der Waals surface area contributed by atoms with Gasteiger partial charge in [-0.2, -0.15) is 0 Å². The molecule has 3 aromatic rings. The fourth-order valence-corrected chi connectivity index (χ4v) is 4.19. The Morgan fingerprint density at radius 2 is 2.24 bits per heavy atom. The lowest BCUT2D eigenvalue weighted by atomic mass is 9.97. The fourth-order valence-electron chi connectivity index (χ4n) is 3.37. The van der Waals surface area contributed by atoms with E-state index in [1.807, 2.05) is 35.2 Å². The number of aromatic amines is 1. The first-order valence-electron chi connectivity index (χ1n) is 8.66. The molecule has 0 aliphatic carbocycles. The summed E-state index contributed by atoms with van der Waals surface area (Å²) in [6.07, 6.45) is 5.73. The molecule has 3 heterocycles. The zero-order chi connectivity index (χ0) is 17.2. The van der Waals surface area contributed by atoms with Crippen LogP contribution < -0.4 is 0 Å². The highest BCUT2D eigenvalue weighted by molar-refractivity contribution is 7.11. The van der Waals surface area contributed by atoms with Crippen LogP contribution in [0.5, 0.6) is 0 Å². The molecule has 1 aromatic carbocycles. The minimum atomic E-state index is 0.0913. The maximum Gasteiger partial charge on any atom is 0.246 e. The second-order valence-corrected chi connectivity index (χ2v) is 7.51. The average molecular weight is 351 g/mol. The van der Waals surface area contributed by atoms with Crippen molar-refractivity contribution in [1.82, 2.24) is 14.9 Å². The van der Waals surface area contributed by atoms with Gasteiger partial charge in [0.2, 0.25) is 5.91 Å². The van der Waals surface area contributed by atoms with Gasteiger partial charge in [-0.05, 0) is 55.0 Å². The maximum absolute atomic E-state index is 12.6. The maximum atomic E-state index is 12.6. The van der Waals surface area contributed by atoms with Crippen molar-refractivity contribution in [2.45, 2.75) is 25.7 Å². The number of fused-ring (bicyclic) bond motifs is 1. The van der Waals surface area contributed by atoms with Crippen molar-refractivity contribution in [3.8, 4) is 0 Å². The van der Waals surface area contributed by atoms with E-state index in [1.54, 1.807) is 17.4 Å². The van der Waals surface area contributed by atoms with Crippen LogP contribution in [0.25, 0.3) is 17.1 Å². The standard InChI is InChI=1S/C20H21N3OS/c1-14-10-12-25-18(14)8-9-19(24)23-11-4-5-15(13-23)20-21-16-6-2-3-7-17(16)22-20/h2-3,6-10,12,15H,4-5,11,13H2,1H3,(H,21,22)/b9-8+. The van der Waals surface area contributed by atoms with Gasteiger partial charge in [-0.3, -0.25) is 4.79 Å². The summed E-state index contributed by atoms with van der Waals surface area (Å²) in [4.78, 5) is 23.8. The summed E-state index contributed by atoms with van der Waals surface area (Å²) in [5, 5.41) is 2.05. The van der Waals surface area contributed by atoms with E-state index in [4.69, 9.17) is 4.98 Å². The van der Waals surface area contributed by atoms with Crippen LogP contribution >= 0.6 is 11.3 Å². The Morgan fingerprint density at radius 1 is 1.36 bits per heavy atom. The minimum Gasteiger partial charge on any atom is -0.342 e. The number of piperidine rings is 1. The number of nitrogens with one attached hydrogen (secondary N) is 1. The van der Waals surface area contributed by atoms with Gasteiger partial charge in [-0.1, -0.05) is 12.1 Å². The van der Waals surface area contributed by atoms with E-state index in [-0.39, 0.29) is 11.8 Å². The van der Waals surface area contributed by atoms with E-state index in [9.17, 15) is 4.79 Å². The summed E-state index contributed by atoms with van der Waals surface area (Å²) < 4.78 is 0. The summed E-state index contributed by atoms with van der Waals surface area (Å²) in [7, 11) is 0. The van der Waals surface area contributed by atoms with Crippen LogP contribution in [0, 0.1) is 6.92 Å². The molecule has 128 valence electrons. The lowest BCUT2D eigenvalue weighted by Crippen LogP contribution is -2.38. The Bertz CT molecular complexity index is 891. The highest BCUT2D eigenvalue weighted by Crippen LogP contribution is 2.27. The van der Waals surface area contributed by atoms with Gasteiger partial charge in [0.1, 0.15) is 5.82 Å². The van der Waals surface area contributed by atoms with Gasteiger partial charge in [0.25, 0.3) is 0 Å². The molecular formula is C20H21N3OS. The van der Waals surface area contributed by atoms with Crippen LogP contribution in [0.2, 0.25) is 0 Å². The smallest absolute Gasteiger partial charge is 0.246 e. The third kappa shape index (κ3) is 3.37. The first-order chi connectivity index (χ1) is 12.2. The van der Waals surface area contributed by atoms with Gasteiger partial charge in [0, 0.05) is 30.0 Å². The fraction of sp³-hybridized carbons (Fsp3) is 0.300. The average Bonchev–Trinajstić information content (AvgIpc) is 3.25. The van der Waals surface area contributed by atoms with Gasteiger partial charge < -0.3 is 9.88 Å². The Kier molecular flexibility index (Phi) is 4.40. The molecule has 0 spiro atoms. The molecule has 1 unspecified atom stereocenters. The number of para-hydroxylation sites is 2. The lowest BCUT2D eigenvalue weighted by molar-refractivity contribution is -0.127. The minimum absolute atomic E-state index is 0.0913. The number of carbonyl (C=O) groups excluding carboxylic acids is 1. The molecule has 1 amide bonds. The number of hydrogen-bond donors (Lipinski definition) is 1. The zero-order valence-electron chi connectivity index (χ0n) is 14.2. The number of nitrogens with zero attached hydrogens (tertiary/aromatic N) is 2. The van der Waals surface area contributed by atoms with Crippen LogP contribution in [0.15, 0.2) is 41.8 Å². The number of carbonyl (C=O) groups is 1. The molecule has 1 saturated heterocycles. The number of amides is 1. The normalized spacial score (nSPS) is 18.3. The molecule has 5 heteroatoms. The number of likely N-dealkylation sites (tertiary alicyclic amines) is 1. The second kappa shape index (κ2) is 6.84. The molecule has 25 heavy (non-hydrogen) atoms. The summed E-state index contributed by atoms with van der Waals surface area (Å²) in [5.41, 5.74) is 3.27. The highest BCUT2D eigenvalue weighted by atomic mass is 32.1. The Hall–Kier alpha value is -2.40. The van der Waals surface area contributed by atoms with E-state index in [1.165, 1.54) is 5.56 Å². The molecular weight excluding hydrogens is 330 g/mol. The van der Waals surface area contributed by atoms with Crippen molar-refractivity contribution in [3.05, 3.63) is 58.1 Å². The zero-order valence-corrected chi connectivity index (χ0v) is 15.1. The van der Waals surface area contributed by atoms with Gasteiger partial charge in [0.15, 0.2) is 0 Å². The number of imidazole rings is 1. The van der Waals surface area contributed by atoms with E-state index >= 15 is 0 Å². The van der Waals surface area contributed by atoms with Crippen molar-refractivity contribution in [3.63, 3.8) is 0 Å². The van der Waals surface area contributed by atoms with Crippen LogP contribution in [0.1, 0.15) is 35.0 Å².